The van der Waals surface area contributed by atoms with Crippen molar-refractivity contribution in [2.45, 2.75) is 37.0 Å². The summed E-state index contributed by atoms with van der Waals surface area (Å²) in [4.78, 5) is 13.9. The second-order valence-electron chi connectivity index (χ2n) is 5.65. The lowest BCUT2D eigenvalue weighted by molar-refractivity contribution is 0.0700. The first-order chi connectivity index (χ1) is 9.80. The fraction of sp³-hybridized carbons (Fsp3) is 0.533. The first-order valence-corrected chi connectivity index (χ1v) is 8.98. The molecule has 116 valence electrons. The van der Waals surface area contributed by atoms with E-state index in [1.807, 2.05) is 0 Å². The van der Waals surface area contributed by atoms with Crippen molar-refractivity contribution < 1.29 is 17.6 Å². The summed E-state index contributed by atoms with van der Waals surface area (Å²) in [6.45, 7) is 0. The topological polar surface area (TPSA) is 54.5 Å². The van der Waals surface area contributed by atoms with Crippen LogP contribution in [0.5, 0.6) is 0 Å². The number of nitrogens with zero attached hydrogens (tertiary/aromatic N) is 1. The molecule has 1 aliphatic carbocycles. The van der Waals surface area contributed by atoms with E-state index in [1.54, 1.807) is 13.1 Å². The smallest absolute Gasteiger partial charge is 0.253 e. The molecule has 1 aromatic carbocycles. The Balaban J connectivity index is 2.25. The lowest BCUT2D eigenvalue weighted by Crippen LogP contribution is -2.49. The van der Waals surface area contributed by atoms with Gasteiger partial charge in [-0.1, -0.05) is 18.9 Å². The highest BCUT2D eigenvalue weighted by Gasteiger charge is 2.37. The van der Waals surface area contributed by atoms with Crippen LogP contribution in [0.1, 0.15) is 36.0 Å². The molecule has 0 spiro atoms. The van der Waals surface area contributed by atoms with Crippen molar-refractivity contribution in [3.8, 4) is 0 Å². The molecule has 1 aromatic rings. The first-order valence-electron chi connectivity index (χ1n) is 7.02. The summed E-state index contributed by atoms with van der Waals surface area (Å²) >= 11 is 0. The molecular weight excluding hydrogens is 293 g/mol. The minimum absolute atomic E-state index is 0.246. The Morgan fingerprint density at radius 3 is 2.57 bits per heavy atom. The monoisotopic (exact) mass is 313 g/mol. The zero-order valence-corrected chi connectivity index (χ0v) is 13.1. The third-order valence-electron chi connectivity index (χ3n) is 4.11. The molecule has 0 aliphatic heterocycles. The summed E-state index contributed by atoms with van der Waals surface area (Å²) in [5.74, 6) is -0.812. The zero-order chi connectivity index (χ0) is 15.6. The molecule has 0 saturated heterocycles. The summed E-state index contributed by atoms with van der Waals surface area (Å²) in [5.41, 5.74) is 0.246. The van der Waals surface area contributed by atoms with E-state index in [4.69, 9.17) is 0 Å². The Kier molecular flexibility index (Phi) is 4.66. The molecule has 1 amide bonds. The molecule has 0 radical (unpaired) electrons. The van der Waals surface area contributed by atoms with Gasteiger partial charge < -0.3 is 4.90 Å². The van der Waals surface area contributed by atoms with Gasteiger partial charge in [0, 0.05) is 24.9 Å². The average Bonchev–Trinajstić information content (AvgIpc) is 2.45. The number of benzene rings is 1. The molecule has 4 nitrogen and oxygen atoms in total. The van der Waals surface area contributed by atoms with Gasteiger partial charge in [-0.3, -0.25) is 4.79 Å². The number of carbonyl (C=O) groups is 1. The molecule has 0 heterocycles. The minimum atomic E-state index is -3.21. The van der Waals surface area contributed by atoms with Gasteiger partial charge in [0.05, 0.1) is 5.25 Å². The van der Waals surface area contributed by atoms with Crippen molar-refractivity contribution >= 4 is 15.7 Å². The number of hydrogen-bond acceptors (Lipinski definition) is 3. The molecule has 6 heteroatoms. The second kappa shape index (κ2) is 6.13. The molecule has 1 aliphatic rings. The predicted molar refractivity (Wildman–Crippen MR) is 79.4 cm³/mol. The van der Waals surface area contributed by atoms with Crippen LogP contribution in [0.25, 0.3) is 0 Å². The van der Waals surface area contributed by atoms with Gasteiger partial charge in [-0.05, 0) is 31.0 Å². The third kappa shape index (κ3) is 3.61. The Hall–Kier alpha value is -1.43. The van der Waals surface area contributed by atoms with Crippen LogP contribution >= 0.6 is 0 Å². The van der Waals surface area contributed by atoms with Crippen LogP contribution in [-0.4, -0.2) is 43.8 Å². The van der Waals surface area contributed by atoms with Crippen LogP contribution in [0, 0.1) is 5.82 Å². The fourth-order valence-electron chi connectivity index (χ4n) is 3.00. The van der Waals surface area contributed by atoms with E-state index >= 15 is 0 Å². The largest absolute Gasteiger partial charge is 0.337 e. The number of rotatable bonds is 3. The van der Waals surface area contributed by atoms with Gasteiger partial charge >= 0.3 is 0 Å². The van der Waals surface area contributed by atoms with E-state index in [0.29, 0.717) is 12.8 Å². The summed E-state index contributed by atoms with van der Waals surface area (Å²) in [5, 5.41) is -0.534. The number of amides is 1. The quantitative estimate of drug-likeness (QED) is 0.860. The van der Waals surface area contributed by atoms with Crippen molar-refractivity contribution in [1.82, 2.24) is 4.90 Å². The molecule has 2 rings (SSSR count). The summed E-state index contributed by atoms with van der Waals surface area (Å²) in [7, 11) is -1.61. The Morgan fingerprint density at radius 2 is 1.95 bits per heavy atom. The van der Waals surface area contributed by atoms with E-state index in [9.17, 15) is 17.6 Å². The lowest BCUT2D eigenvalue weighted by Gasteiger charge is -2.37. The highest BCUT2D eigenvalue weighted by molar-refractivity contribution is 7.91. The maximum atomic E-state index is 13.2. The predicted octanol–water partition coefficient (Wildman–Crippen LogP) is 2.25. The third-order valence-corrected chi connectivity index (χ3v) is 5.76. The Bertz CT molecular complexity index is 630. The lowest BCUT2D eigenvalue weighted by atomic mass is 9.93. The summed E-state index contributed by atoms with van der Waals surface area (Å²) in [6.07, 6.45) is 4.21. The Morgan fingerprint density at radius 1 is 1.29 bits per heavy atom. The van der Waals surface area contributed by atoms with E-state index < -0.39 is 20.9 Å². The molecule has 0 unspecified atom stereocenters. The second-order valence-corrected chi connectivity index (χ2v) is 7.91. The van der Waals surface area contributed by atoms with Crippen LogP contribution < -0.4 is 0 Å². The molecule has 1 saturated carbocycles. The number of sulfone groups is 1. The normalized spacial score (nSPS) is 22.8. The van der Waals surface area contributed by atoms with Crippen LogP contribution in [0.2, 0.25) is 0 Å². The van der Waals surface area contributed by atoms with Gasteiger partial charge in [0.25, 0.3) is 5.91 Å². The van der Waals surface area contributed by atoms with E-state index in [2.05, 4.69) is 0 Å². The van der Waals surface area contributed by atoms with E-state index in [0.717, 1.165) is 12.8 Å². The molecular formula is C15H20FNO3S. The molecule has 0 bridgehead atoms. The average molecular weight is 313 g/mol. The van der Waals surface area contributed by atoms with Gasteiger partial charge in [-0.15, -0.1) is 0 Å². The van der Waals surface area contributed by atoms with Crippen molar-refractivity contribution in [1.29, 1.82) is 0 Å². The number of halogens is 1. The SMILES string of the molecule is CN(C(=O)c1cccc(F)c1)[C@@H]1CCCC[C@@H]1S(C)(=O)=O. The standard InChI is InChI=1S/C15H20FNO3S/c1-17(15(18)11-6-5-7-12(16)10-11)13-8-3-4-9-14(13)21(2,19)20/h5-7,10,13-14H,3-4,8-9H2,1-2H3/t13-,14+/m1/s1. The van der Waals surface area contributed by atoms with E-state index in [-0.39, 0.29) is 17.5 Å². The molecule has 21 heavy (non-hydrogen) atoms. The highest BCUT2D eigenvalue weighted by Crippen LogP contribution is 2.28. The van der Waals surface area contributed by atoms with Crippen molar-refractivity contribution in [2.24, 2.45) is 0 Å². The first kappa shape index (κ1) is 15.9. The van der Waals surface area contributed by atoms with Crippen molar-refractivity contribution in [2.75, 3.05) is 13.3 Å². The van der Waals surface area contributed by atoms with E-state index in [1.165, 1.54) is 29.4 Å². The molecule has 2 atom stereocenters. The van der Waals surface area contributed by atoms with Gasteiger partial charge in [-0.2, -0.15) is 0 Å². The van der Waals surface area contributed by atoms with Crippen LogP contribution in [0.4, 0.5) is 4.39 Å². The van der Waals surface area contributed by atoms with Crippen molar-refractivity contribution in [3.63, 3.8) is 0 Å². The number of carbonyl (C=O) groups excluding carboxylic acids is 1. The summed E-state index contributed by atoms with van der Waals surface area (Å²) in [6, 6.07) is 5.13. The fourth-order valence-corrected chi connectivity index (χ4v) is 4.48. The maximum Gasteiger partial charge on any atom is 0.253 e. The number of hydrogen-bond donors (Lipinski definition) is 0. The molecule has 0 aromatic heterocycles. The molecule has 0 N–H and O–H groups in total. The minimum Gasteiger partial charge on any atom is -0.337 e. The van der Waals surface area contributed by atoms with Crippen LogP contribution in [0.15, 0.2) is 24.3 Å². The highest BCUT2D eigenvalue weighted by atomic mass is 32.2. The summed E-state index contributed by atoms with van der Waals surface area (Å²) < 4.78 is 37.1. The van der Waals surface area contributed by atoms with Gasteiger partial charge in [0.2, 0.25) is 0 Å². The van der Waals surface area contributed by atoms with Gasteiger partial charge in [0.1, 0.15) is 5.82 Å². The zero-order valence-electron chi connectivity index (χ0n) is 12.3. The van der Waals surface area contributed by atoms with Gasteiger partial charge in [0.15, 0.2) is 9.84 Å². The Labute approximate surface area is 124 Å². The molecule has 1 fully saturated rings. The van der Waals surface area contributed by atoms with Gasteiger partial charge in [-0.25, -0.2) is 12.8 Å². The van der Waals surface area contributed by atoms with Crippen LogP contribution in [-0.2, 0) is 9.84 Å². The van der Waals surface area contributed by atoms with Crippen LogP contribution in [0.3, 0.4) is 0 Å². The maximum absolute atomic E-state index is 13.2. The van der Waals surface area contributed by atoms with Crippen molar-refractivity contribution in [3.05, 3.63) is 35.6 Å².